The molecule has 1 amide bonds. The monoisotopic (exact) mass is 308 g/mol. The van der Waals surface area contributed by atoms with Crippen LogP contribution < -0.4 is 0 Å². The molecule has 0 saturated carbocycles. The van der Waals surface area contributed by atoms with Crippen molar-refractivity contribution in [1.29, 1.82) is 0 Å². The number of amides is 1. The molecule has 2 rings (SSSR count). The van der Waals surface area contributed by atoms with Crippen LogP contribution in [0, 0.1) is 5.41 Å². The van der Waals surface area contributed by atoms with E-state index in [4.69, 9.17) is 0 Å². The van der Waals surface area contributed by atoms with Crippen molar-refractivity contribution in [3.05, 3.63) is 11.6 Å². The third-order valence-corrected chi connectivity index (χ3v) is 5.40. The first-order valence-corrected chi connectivity index (χ1v) is 8.23. The number of rotatable bonds is 4. The number of carboxylic acids is 1. The third-order valence-electron chi connectivity index (χ3n) is 5.40. The van der Waals surface area contributed by atoms with Crippen LogP contribution in [0.5, 0.6) is 0 Å². The molecule has 2 fully saturated rings. The number of carboxylic acid groups (broad SMARTS) is 1. The largest absolute Gasteiger partial charge is 0.480 e. The predicted octanol–water partition coefficient (Wildman–Crippen LogP) is 2.13. The number of hydrogen-bond donors (Lipinski definition) is 1. The Morgan fingerprint density at radius 2 is 2.00 bits per heavy atom. The van der Waals surface area contributed by atoms with Crippen molar-refractivity contribution in [2.75, 3.05) is 26.2 Å². The van der Waals surface area contributed by atoms with Crippen molar-refractivity contribution in [1.82, 2.24) is 9.80 Å². The molecule has 0 aromatic heterocycles. The average molecular weight is 308 g/mol. The summed E-state index contributed by atoms with van der Waals surface area (Å²) in [7, 11) is 0. The molecule has 2 aliphatic rings. The molecule has 0 radical (unpaired) electrons. The van der Waals surface area contributed by atoms with Crippen LogP contribution in [0.25, 0.3) is 0 Å². The summed E-state index contributed by atoms with van der Waals surface area (Å²) < 4.78 is 0. The minimum absolute atomic E-state index is 0.00675. The van der Waals surface area contributed by atoms with Crippen molar-refractivity contribution in [3.63, 3.8) is 0 Å². The van der Waals surface area contributed by atoms with Gasteiger partial charge >= 0.3 is 5.97 Å². The van der Waals surface area contributed by atoms with Crippen LogP contribution in [0.3, 0.4) is 0 Å². The van der Waals surface area contributed by atoms with Crippen LogP contribution in [-0.4, -0.2) is 59.0 Å². The Hall–Kier alpha value is -1.36. The Balaban J connectivity index is 1.98. The van der Waals surface area contributed by atoms with Crippen LogP contribution in [0.4, 0.5) is 0 Å². The van der Waals surface area contributed by atoms with Gasteiger partial charge in [0, 0.05) is 19.5 Å². The Labute approximate surface area is 133 Å². The van der Waals surface area contributed by atoms with Gasteiger partial charge in [0.1, 0.15) is 6.04 Å². The summed E-state index contributed by atoms with van der Waals surface area (Å²) in [5.74, 6) is -0.917. The maximum atomic E-state index is 12.1. The van der Waals surface area contributed by atoms with E-state index in [1.807, 2.05) is 0 Å². The van der Waals surface area contributed by atoms with Gasteiger partial charge in [-0.25, -0.2) is 4.79 Å². The second-order valence-corrected chi connectivity index (χ2v) is 6.95. The number of carbonyl (C=O) groups excluding carboxylic acids is 1. The van der Waals surface area contributed by atoms with E-state index in [9.17, 15) is 14.7 Å². The van der Waals surface area contributed by atoms with E-state index in [1.54, 1.807) is 11.8 Å². The topological polar surface area (TPSA) is 60.9 Å². The van der Waals surface area contributed by atoms with Crippen molar-refractivity contribution >= 4 is 11.9 Å². The van der Waals surface area contributed by atoms with E-state index >= 15 is 0 Å². The van der Waals surface area contributed by atoms with Crippen molar-refractivity contribution in [3.8, 4) is 0 Å². The maximum absolute atomic E-state index is 12.1. The van der Waals surface area contributed by atoms with Crippen LogP contribution in [0.2, 0.25) is 0 Å². The molecule has 0 unspecified atom stereocenters. The van der Waals surface area contributed by atoms with Crippen molar-refractivity contribution in [2.45, 2.75) is 52.5 Å². The first-order valence-electron chi connectivity index (χ1n) is 8.23. The first-order chi connectivity index (χ1) is 10.4. The fourth-order valence-corrected chi connectivity index (χ4v) is 3.57. The summed E-state index contributed by atoms with van der Waals surface area (Å²) in [6, 6.07) is -0.715. The van der Waals surface area contributed by atoms with Gasteiger partial charge in [-0.1, -0.05) is 11.6 Å². The molecule has 2 heterocycles. The molecule has 0 aliphatic carbocycles. The van der Waals surface area contributed by atoms with E-state index in [1.165, 1.54) is 5.57 Å². The number of hydrogen-bond acceptors (Lipinski definition) is 3. The highest BCUT2D eigenvalue weighted by Crippen LogP contribution is 2.40. The Morgan fingerprint density at radius 1 is 1.36 bits per heavy atom. The summed E-state index contributed by atoms with van der Waals surface area (Å²) in [5.41, 5.74) is 1.51. The molecule has 5 nitrogen and oxygen atoms in total. The quantitative estimate of drug-likeness (QED) is 0.808. The lowest BCUT2D eigenvalue weighted by Gasteiger charge is -2.48. The van der Waals surface area contributed by atoms with E-state index in [0.29, 0.717) is 13.0 Å². The molecule has 22 heavy (non-hydrogen) atoms. The number of likely N-dealkylation sites (tertiary alicyclic amines) is 2. The molecule has 0 aromatic carbocycles. The molecular weight excluding hydrogens is 280 g/mol. The Bertz CT molecular complexity index is 465. The molecule has 5 heteroatoms. The number of carbonyl (C=O) groups is 2. The Kier molecular flexibility index (Phi) is 5.27. The van der Waals surface area contributed by atoms with Crippen LogP contribution in [0.1, 0.15) is 46.5 Å². The summed E-state index contributed by atoms with van der Waals surface area (Å²) in [6.07, 6.45) is 5.66. The molecule has 0 bridgehead atoms. The van der Waals surface area contributed by atoms with Crippen molar-refractivity contribution < 1.29 is 14.7 Å². The van der Waals surface area contributed by atoms with Gasteiger partial charge in [0.15, 0.2) is 0 Å². The average Bonchev–Trinajstić information content (AvgIpc) is 2.51. The molecule has 124 valence electrons. The van der Waals surface area contributed by atoms with Gasteiger partial charge in [0.2, 0.25) is 5.91 Å². The highest BCUT2D eigenvalue weighted by atomic mass is 16.4. The maximum Gasteiger partial charge on any atom is 0.326 e. The second-order valence-electron chi connectivity index (χ2n) is 6.95. The molecule has 1 atom stereocenters. The number of nitrogens with zero attached hydrogens (tertiary/aromatic N) is 2. The van der Waals surface area contributed by atoms with Gasteiger partial charge in [0.05, 0.1) is 0 Å². The zero-order valence-corrected chi connectivity index (χ0v) is 14.0. The first kappa shape index (κ1) is 17.0. The highest BCUT2D eigenvalue weighted by molar-refractivity contribution is 5.84. The fraction of sp³-hybridized carbons (Fsp3) is 0.765. The Morgan fingerprint density at radius 3 is 2.55 bits per heavy atom. The number of allylic oxidation sites excluding steroid dienone is 1. The zero-order valence-electron chi connectivity index (χ0n) is 14.0. The number of aliphatic carboxylic acids is 1. The molecule has 1 spiro atoms. The van der Waals surface area contributed by atoms with Gasteiger partial charge in [0.25, 0.3) is 0 Å². The predicted molar refractivity (Wildman–Crippen MR) is 85.6 cm³/mol. The lowest BCUT2D eigenvalue weighted by Crippen LogP contribution is -2.55. The lowest BCUT2D eigenvalue weighted by atomic mass is 9.72. The lowest BCUT2D eigenvalue weighted by molar-refractivity contribution is -0.154. The minimum Gasteiger partial charge on any atom is -0.480 e. The third kappa shape index (κ3) is 3.69. The SMILES string of the molecule is C/C=C(\C)CN1CCC2(CCC(=O)N([C@@H](C)C(=O)O)C2)CC1. The van der Waals surface area contributed by atoms with Crippen molar-refractivity contribution in [2.24, 2.45) is 5.41 Å². The highest BCUT2D eigenvalue weighted by Gasteiger charge is 2.43. The van der Waals surface area contributed by atoms with E-state index in [-0.39, 0.29) is 11.3 Å². The van der Waals surface area contributed by atoms with Gasteiger partial charge in [-0.05, 0) is 58.5 Å². The van der Waals surface area contributed by atoms with Gasteiger partial charge in [-0.2, -0.15) is 0 Å². The van der Waals surface area contributed by atoms with Gasteiger partial charge < -0.3 is 10.0 Å². The normalized spacial score (nSPS) is 24.6. The summed E-state index contributed by atoms with van der Waals surface area (Å²) in [4.78, 5) is 27.3. The summed E-state index contributed by atoms with van der Waals surface area (Å²) >= 11 is 0. The smallest absolute Gasteiger partial charge is 0.326 e. The summed E-state index contributed by atoms with van der Waals surface area (Å²) in [6.45, 7) is 9.53. The standard InChI is InChI=1S/C17H28N2O3/c1-4-13(2)11-18-9-7-17(8-10-18)6-5-15(20)19(12-17)14(3)16(21)22/h4,14H,5-12H2,1-3H3,(H,21,22)/b13-4+/t14-/m0/s1. The molecule has 2 aliphatic heterocycles. The second kappa shape index (κ2) is 6.82. The molecule has 2 saturated heterocycles. The fourth-order valence-electron chi connectivity index (χ4n) is 3.57. The summed E-state index contributed by atoms with van der Waals surface area (Å²) in [5, 5.41) is 9.20. The molecule has 1 N–H and O–H groups in total. The number of piperidine rings is 2. The minimum atomic E-state index is -0.911. The van der Waals surface area contributed by atoms with Crippen LogP contribution in [-0.2, 0) is 9.59 Å². The van der Waals surface area contributed by atoms with E-state index in [2.05, 4.69) is 24.8 Å². The van der Waals surface area contributed by atoms with Gasteiger partial charge in [-0.15, -0.1) is 0 Å². The molecule has 0 aromatic rings. The van der Waals surface area contributed by atoms with Gasteiger partial charge in [-0.3, -0.25) is 9.69 Å². The van der Waals surface area contributed by atoms with E-state index in [0.717, 1.165) is 38.9 Å². The van der Waals surface area contributed by atoms with Crippen LogP contribution >= 0.6 is 0 Å². The van der Waals surface area contributed by atoms with E-state index < -0.39 is 12.0 Å². The zero-order chi connectivity index (χ0) is 16.3. The molecular formula is C17H28N2O3. The van der Waals surface area contributed by atoms with Crippen LogP contribution in [0.15, 0.2) is 11.6 Å².